The van der Waals surface area contributed by atoms with Gasteiger partial charge < -0.3 is 10.5 Å². The monoisotopic (exact) mass is 203 g/mol. The second-order valence-electron chi connectivity index (χ2n) is 4.60. The molecular formula is C13H17NO. The molecule has 2 atom stereocenters. The molecule has 15 heavy (non-hydrogen) atoms. The smallest absolute Gasteiger partial charge is 0.123 e. The summed E-state index contributed by atoms with van der Waals surface area (Å²) < 4.78 is 5.72. The molecule has 1 aromatic carbocycles. The van der Waals surface area contributed by atoms with E-state index in [9.17, 15) is 0 Å². The molecule has 0 saturated carbocycles. The van der Waals surface area contributed by atoms with Crippen LogP contribution < -0.4 is 10.5 Å². The molecule has 80 valence electrons. The van der Waals surface area contributed by atoms with Crippen molar-refractivity contribution in [2.75, 3.05) is 13.2 Å². The van der Waals surface area contributed by atoms with Crippen molar-refractivity contribution in [3.05, 3.63) is 29.3 Å². The highest BCUT2D eigenvalue weighted by molar-refractivity contribution is 5.47. The number of rotatable bonds is 1. The second kappa shape index (κ2) is 3.53. The molecule has 0 amide bonds. The first-order chi connectivity index (χ1) is 7.40. The van der Waals surface area contributed by atoms with Gasteiger partial charge in [-0.1, -0.05) is 12.1 Å². The van der Waals surface area contributed by atoms with Crippen LogP contribution in [-0.4, -0.2) is 13.2 Å². The van der Waals surface area contributed by atoms with Gasteiger partial charge in [-0.25, -0.2) is 0 Å². The van der Waals surface area contributed by atoms with Crippen molar-refractivity contribution in [1.29, 1.82) is 0 Å². The van der Waals surface area contributed by atoms with Crippen LogP contribution in [0.25, 0.3) is 0 Å². The van der Waals surface area contributed by atoms with E-state index in [2.05, 4.69) is 18.2 Å². The maximum absolute atomic E-state index is 5.83. The molecule has 0 bridgehead atoms. The lowest BCUT2D eigenvalue weighted by Gasteiger charge is -2.35. The summed E-state index contributed by atoms with van der Waals surface area (Å²) in [7, 11) is 0. The van der Waals surface area contributed by atoms with Crippen molar-refractivity contribution in [1.82, 2.24) is 0 Å². The first kappa shape index (κ1) is 9.22. The number of ether oxygens (including phenoxy) is 1. The van der Waals surface area contributed by atoms with Crippen LogP contribution in [0.1, 0.15) is 42.2 Å². The molecule has 2 nitrogen and oxygen atoms in total. The zero-order chi connectivity index (χ0) is 10.3. The van der Waals surface area contributed by atoms with Crippen LogP contribution in [0.15, 0.2) is 18.2 Å². The lowest BCUT2D eigenvalue weighted by molar-refractivity contribution is 0.252. The minimum Gasteiger partial charge on any atom is -0.493 e. The molecule has 0 spiro atoms. The highest BCUT2D eigenvalue weighted by Crippen LogP contribution is 2.46. The molecule has 2 heteroatoms. The summed E-state index contributed by atoms with van der Waals surface area (Å²) in [6.07, 6.45) is 3.72. The SMILES string of the molecule is NC[C@@H]1CC[C@H]2CCOc3cccc1c32. The first-order valence-electron chi connectivity index (χ1n) is 5.86. The van der Waals surface area contributed by atoms with Gasteiger partial charge in [-0.15, -0.1) is 0 Å². The third-order valence-electron chi connectivity index (χ3n) is 3.82. The highest BCUT2D eigenvalue weighted by Gasteiger charge is 2.31. The Bertz CT molecular complexity index is 375. The van der Waals surface area contributed by atoms with E-state index in [1.807, 2.05) is 0 Å². The predicted octanol–water partition coefficient (Wildman–Crippen LogP) is 2.39. The Morgan fingerprint density at radius 3 is 3.07 bits per heavy atom. The summed E-state index contributed by atoms with van der Waals surface area (Å²) in [5.41, 5.74) is 8.75. The molecule has 0 saturated heterocycles. The van der Waals surface area contributed by atoms with E-state index in [-0.39, 0.29) is 0 Å². The van der Waals surface area contributed by atoms with Crippen molar-refractivity contribution in [2.45, 2.75) is 31.1 Å². The summed E-state index contributed by atoms with van der Waals surface area (Å²) in [6, 6.07) is 6.44. The Labute approximate surface area is 90.4 Å². The average Bonchev–Trinajstić information content (AvgIpc) is 2.30. The predicted molar refractivity (Wildman–Crippen MR) is 60.3 cm³/mol. The minimum atomic E-state index is 0.554. The lowest BCUT2D eigenvalue weighted by Crippen LogP contribution is -2.25. The van der Waals surface area contributed by atoms with Gasteiger partial charge in [0.25, 0.3) is 0 Å². The largest absolute Gasteiger partial charge is 0.493 e. The van der Waals surface area contributed by atoms with E-state index in [0.29, 0.717) is 5.92 Å². The Morgan fingerprint density at radius 1 is 1.27 bits per heavy atom. The van der Waals surface area contributed by atoms with Crippen LogP contribution in [0.4, 0.5) is 0 Å². The summed E-state index contributed by atoms with van der Waals surface area (Å²) in [5, 5.41) is 0. The van der Waals surface area contributed by atoms with E-state index in [1.54, 1.807) is 0 Å². The summed E-state index contributed by atoms with van der Waals surface area (Å²) in [4.78, 5) is 0. The Kier molecular flexibility index (Phi) is 2.17. The van der Waals surface area contributed by atoms with Crippen LogP contribution in [0.3, 0.4) is 0 Å². The fourth-order valence-corrected chi connectivity index (χ4v) is 3.03. The molecule has 1 heterocycles. The van der Waals surface area contributed by atoms with Gasteiger partial charge in [-0.3, -0.25) is 0 Å². The van der Waals surface area contributed by atoms with Crippen molar-refractivity contribution >= 4 is 0 Å². The second-order valence-corrected chi connectivity index (χ2v) is 4.60. The van der Waals surface area contributed by atoms with Gasteiger partial charge in [0.2, 0.25) is 0 Å². The zero-order valence-electron chi connectivity index (χ0n) is 8.91. The van der Waals surface area contributed by atoms with Gasteiger partial charge in [0, 0.05) is 5.56 Å². The van der Waals surface area contributed by atoms with Crippen LogP contribution in [-0.2, 0) is 0 Å². The quantitative estimate of drug-likeness (QED) is 0.760. The summed E-state index contributed by atoms with van der Waals surface area (Å²) in [6.45, 7) is 1.65. The van der Waals surface area contributed by atoms with Crippen molar-refractivity contribution in [3.63, 3.8) is 0 Å². The summed E-state index contributed by atoms with van der Waals surface area (Å²) in [5.74, 6) is 2.40. The van der Waals surface area contributed by atoms with Crippen molar-refractivity contribution < 1.29 is 4.74 Å². The van der Waals surface area contributed by atoms with Crippen molar-refractivity contribution in [3.8, 4) is 5.75 Å². The summed E-state index contributed by atoms with van der Waals surface area (Å²) >= 11 is 0. The maximum Gasteiger partial charge on any atom is 0.123 e. The van der Waals surface area contributed by atoms with Gasteiger partial charge >= 0.3 is 0 Å². The van der Waals surface area contributed by atoms with Gasteiger partial charge in [0.05, 0.1) is 6.61 Å². The normalized spacial score (nSPS) is 28.1. The van der Waals surface area contributed by atoms with Gasteiger partial charge in [0.15, 0.2) is 0 Å². The number of hydrogen-bond donors (Lipinski definition) is 1. The number of benzene rings is 1. The van der Waals surface area contributed by atoms with E-state index >= 15 is 0 Å². The van der Waals surface area contributed by atoms with Crippen LogP contribution in [0.5, 0.6) is 5.75 Å². The number of nitrogens with two attached hydrogens (primary N) is 1. The molecule has 2 N–H and O–H groups in total. The number of hydrogen-bond acceptors (Lipinski definition) is 2. The van der Waals surface area contributed by atoms with E-state index in [1.165, 1.54) is 30.4 Å². The van der Waals surface area contributed by atoms with Gasteiger partial charge in [-0.05, 0) is 49.3 Å². The molecule has 0 unspecified atom stereocenters. The minimum absolute atomic E-state index is 0.554. The average molecular weight is 203 g/mol. The zero-order valence-corrected chi connectivity index (χ0v) is 8.91. The van der Waals surface area contributed by atoms with Gasteiger partial charge in [-0.2, -0.15) is 0 Å². The molecule has 1 aliphatic carbocycles. The fraction of sp³-hybridized carbons (Fsp3) is 0.538. The molecule has 0 fully saturated rings. The molecule has 0 radical (unpaired) electrons. The van der Waals surface area contributed by atoms with Gasteiger partial charge in [0.1, 0.15) is 5.75 Å². The molecule has 1 aromatic rings. The first-order valence-corrected chi connectivity index (χ1v) is 5.86. The van der Waals surface area contributed by atoms with Crippen molar-refractivity contribution in [2.24, 2.45) is 5.73 Å². The Morgan fingerprint density at radius 2 is 2.20 bits per heavy atom. The Hall–Kier alpha value is -1.02. The third-order valence-corrected chi connectivity index (χ3v) is 3.82. The topological polar surface area (TPSA) is 35.2 Å². The highest BCUT2D eigenvalue weighted by atomic mass is 16.5. The molecule has 3 rings (SSSR count). The standard InChI is InChI=1S/C13H17NO/c14-8-10-5-4-9-6-7-15-12-3-1-2-11(10)13(9)12/h1-3,9-10H,4-8,14H2/t9-,10-/m0/s1. The lowest BCUT2D eigenvalue weighted by atomic mass is 9.74. The molecular weight excluding hydrogens is 186 g/mol. The maximum atomic E-state index is 5.83. The molecule has 0 aromatic heterocycles. The van der Waals surface area contributed by atoms with E-state index in [4.69, 9.17) is 10.5 Å². The van der Waals surface area contributed by atoms with E-state index in [0.717, 1.165) is 24.8 Å². The van der Waals surface area contributed by atoms with Crippen LogP contribution in [0, 0.1) is 0 Å². The third kappa shape index (κ3) is 1.36. The molecule has 2 aliphatic rings. The fourth-order valence-electron chi connectivity index (χ4n) is 3.03. The Balaban J connectivity index is 2.13. The van der Waals surface area contributed by atoms with E-state index < -0.39 is 0 Å². The molecule has 1 aliphatic heterocycles. The van der Waals surface area contributed by atoms with Crippen LogP contribution >= 0.6 is 0 Å². The van der Waals surface area contributed by atoms with Crippen LogP contribution in [0.2, 0.25) is 0 Å².